The fourth-order valence-electron chi connectivity index (χ4n) is 3.48. The number of likely N-dealkylation sites (tertiary alicyclic amines) is 1. The van der Waals surface area contributed by atoms with Gasteiger partial charge in [0.1, 0.15) is 11.5 Å². The quantitative estimate of drug-likeness (QED) is 0.407. The molecule has 0 radical (unpaired) electrons. The molecular weight excluding hydrogens is 382 g/mol. The average Bonchev–Trinajstić information content (AvgIpc) is 3.01. The maximum absolute atomic E-state index is 12.9. The van der Waals surface area contributed by atoms with E-state index in [1.54, 1.807) is 12.1 Å². The summed E-state index contributed by atoms with van der Waals surface area (Å²) >= 11 is 0. The number of hydrogen-bond acceptors (Lipinski definition) is 5. The molecule has 0 saturated carbocycles. The van der Waals surface area contributed by atoms with E-state index in [4.69, 9.17) is 9.47 Å². The molecule has 2 aromatic rings. The number of ketones is 1. The second-order valence-electron chi connectivity index (χ2n) is 7.27. The van der Waals surface area contributed by atoms with Gasteiger partial charge in [-0.2, -0.15) is 0 Å². The molecule has 1 N–H and O–H groups in total. The number of nitrogens with zero attached hydrogens (tertiary/aromatic N) is 1. The molecule has 0 aliphatic carbocycles. The molecule has 0 spiro atoms. The Kier molecular flexibility index (Phi) is 6.90. The van der Waals surface area contributed by atoms with Gasteiger partial charge in [0.25, 0.3) is 11.7 Å². The molecule has 6 nitrogen and oxygen atoms in total. The van der Waals surface area contributed by atoms with Crippen molar-refractivity contribution >= 4 is 17.4 Å². The number of Topliss-reactive ketones (excluding diaryl/α,β-unsaturated/α-hetero) is 1. The molecule has 1 amide bonds. The standard InChI is InChI=1S/C24H27NO5/c1-4-14-30-19-11-9-17(10-12-19)21-20(22(26)18-7-5-16(2)6-8-18)23(27)24(28)25(21)13-15-29-3/h5-12,21,26H,4,13-15H2,1-3H3/b22-20-. The van der Waals surface area contributed by atoms with E-state index in [0.29, 0.717) is 17.9 Å². The van der Waals surface area contributed by atoms with E-state index >= 15 is 0 Å². The second kappa shape index (κ2) is 9.59. The number of amides is 1. The Hall–Kier alpha value is -3.12. The first-order valence-corrected chi connectivity index (χ1v) is 10.0. The summed E-state index contributed by atoms with van der Waals surface area (Å²) in [5, 5.41) is 11.0. The molecule has 1 aliphatic heterocycles. The first-order chi connectivity index (χ1) is 14.5. The third-order valence-electron chi connectivity index (χ3n) is 5.07. The van der Waals surface area contributed by atoms with Crippen LogP contribution in [0.3, 0.4) is 0 Å². The van der Waals surface area contributed by atoms with Crippen molar-refractivity contribution in [2.75, 3.05) is 26.9 Å². The minimum Gasteiger partial charge on any atom is -0.507 e. The smallest absolute Gasteiger partial charge is 0.295 e. The lowest BCUT2D eigenvalue weighted by Gasteiger charge is -2.25. The molecule has 158 valence electrons. The summed E-state index contributed by atoms with van der Waals surface area (Å²) in [5.74, 6) is -0.796. The van der Waals surface area contributed by atoms with E-state index in [2.05, 4.69) is 0 Å². The zero-order chi connectivity index (χ0) is 21.7. The predicted octanol–water partition coefficient (Wildman–Crippen LogP) is 3.85. The van der Waals surface area contributed by atoms with Gasteiger partial charge < -0.3 is 19.5 Å². The van der Waals surface area contributed by atoms with Gasteiger partial charge in [0.2, 0.25) is 0 Å². The lowest BCUT2D eigenvalue weighted by Crippen LogP contribution is -2.32. The molecule has 1 fully saturated rings. The Bertz CT molecular complexity index is 931. The summed E-state index contributed by atoms with van der Waals surface area (Å²) in [6.07, 6.45) is 0.898. The van der Waals surface area contributed by atoms with Crippen LogP contribution in [0.5, 0.6) is 5.75 Å². The summed E-state index contributed by atoms with van der Waals surface area (Å²) in [7, 11) is 1.54. The number of aryl methyl sites for hydroxylation is 1. The summed E-state index contributed by atoms with van der Waals surface area (Å²) in [6.45, 7) is 5.10. The molecule has 1 heterocycles. The van der Waals surface area contributed by atoms with Crippen LogP contribution in [-0.2, 0) is 14.3 Å². The maximum Gasteiger partial charge on any atom is 0.295 e. The molecule has 1 unspecified atom stereocenters. The van der Waals surface area contributed by atoms with Gasteiger partial charge in [0.15, 0.2) is 0 Å². The van der Waals surface area contributed by atoms with Crippen LogP contribution in [0.25, 0.3) is 5.76 Å². The highest BCUT2D eigenvalue weighted by atomic mass is 16.5. The number of carbonyl (C=O) groups is 2. The van der Waals surface area contributed by atoms with Crippen LogP contribution in [0, 0.1) is 6.92 Å². The van der Waals surface area contributed by atoms with Gasteiger partial charge in [0.05, 0.1) is 24.8 Å². The fraction of sp³-hybridized carbons (Fsp3) is 0.333. The molecular formula is C24H27NO5. The highest BCUT2D eigenvalue weighted by Crippen LogP contribution is 2.39. The zero-order valence-electron chi connectivity index (χ0n) is 17.6. The number of aliphatic hydroxyl groups is 1. The minimum absolute atomic E-state index is 0.0854. The summed E-state index contributed by atoms with van der Waals surface area (Å²) < 4.78 is 10.8. The number of ether oxygens (including phenoxy) is 2. The molecule has 3 rings (SSSR count). The van der Waals surface area contributed by atoms with Crippen LogP contribution < -0.4 is 4.74 Å². The highest BCUT2D eigenvalue weighted by Gasteiger charge is 2.45. The van der Waals surface area contributed by atoms with Crippen LogP contribution in [0.4, 0.5) is 0 Å². The zero-order valence-corrected chi connectivity index (χ0v) is 17.6. The number of carbonyl (C=O) groups excluding carboxylic acids is 2. The molecule has 2 aromatic carbocycles. The van der Waals surface area contributed by atoms with Crippen LogP contribution in [0.2, 0.25) is 0 Å². The van der Waals surface area contributed by atoms with E-state index in [1.165, 1.54) is 12.0 Å². The largest absolute Gasteiger partial charge is 0.507 e. The van der Waals surface area contributed by atoms with Gasteiger partial charge in [0, 0.05) is 19.2 Å². The monoisotopic (exact) mass is 409 g/mol. The Morgan fingerprint density at radius 3 is 2.30 bits per heavy atom. The SMILES string of the molecule is CCCOc1ccc(C2/C(=C(/O)c3ccc(C)cc3)C(=O)C(=O)N2CCOC)cc1. The van der Waals surface area contributed by atoms with Crippen molar-refractivity contribution in [2.45, 2.75) is 26.3 Å². The van der Waals surface area contributed by atoms with E-state index < -0.39 is 17.7 Å². The average molecular weight is 409 g/mol. The van der Waals surface area contributed by atoms with Gasteiger partial charge in [-0.15, -0.1) is 0 Å². The first kappa shape index (κ1) is 21.6. The maximum atomic E-state index is 12.9. The Labute approximate surface area is 176 Å². The van der Waals surface area contributed by atoms with E-state index in [1.807, 2.05) is 50.2 Å². The van der Waals surface area contributed by atoms with E-state index in [-0.39, 0.29) is 24.5 Å². The molecule has 1 atom stereocenters. The second-order valence-corrected chi connectivity index (χ2v) is 7.27. The van der Waals surface area contributed by atoms with Crippen LogP contribution in [-0.4, -0.2) is 48.6 Å². The lowest BCUT2D eigenvalue weighted by molar-refractivity contribution is -0.140. The van der Waals surface area contributed by atoms with Crippen molar-refractivity contribution in [3.05, 3.63) is 70.8 Å². The topological polar surface area (TPSA) is 76.1 Å². The van der Waals surface area contributed by atoms with Gasteiger partial charge in [-0.05, 0) is 31.0 Å². The van der Waals surface area contributed by atoms with Gasteiger partial charge in [-0.3, -0.25) is 9.59 Å². The third-order valence-corrected chi connectivity index (χ3v) is 5.07. The van der Waals surface area contributed by atoms with Crippen molar-refractivity contribution in [3.63, 3.8) is 0 Å². The van der Waals surface area contributed by atoms with Crippen molar-refractivity contribution < 1.29 is 24.2 Å². The van der Waals surface area contributed by atoms with Crippen LogP contribution >= 0.6 is 0 Å². The van der Waals surface area contributed by atoms with E-state index in [0.717, 1.165) is 17.5 Å². The highest BCUT2D eigenvalue weighted by molar-refractivity contribution is 6.46. The summed E-state index contributed by atoms with van der Waals surface area (Å²) in [5.41, 5.74) is 2.34. The van der Waals surface area contributed by atoms with Gasteiger partial charge >= 0.3 is 0 Å². The Morgan fingerprint density at radius 1 is 1.03 bits per heavy atom. The van der Waals surface area contributed by atoms with Crippen LogP contribution in [0.15, 0.2) is 54.1 Å². The third kappa shape index (κ3) is 4.39. The number of hydrogen-bond donors (Lipinski definition) is 1. The fourth-order valence-corrected chi connectivity index (χ4v) is 3.48. The molecule has 0 aromatic heterocycles. The number of methoxy groups -OCH3 is 1. The number of rotatable bonds is 8. The molecule has 6 heteroatoms. The minimum atomic E-state index is -0.694. The lowest BCUT2D eigenvalue weighted by atomic mass is 9.95. The predicted molar refractivity (Wildman–Crippen MR) is 114 cm³/mol. The summed E-state index contributed by atoms with van der Waals surface area (Å²) in [4.78, 5) is 27.1. The van der Waals surface area contributed by atoms with Gasteiger partial charge in [-0.1, -0.05) is 48.9 Å². The Balaban J connectivity index is 2.06. The van der Waals surface area contributed by atoms with Gasteiger partial charge in [-0.25, -0.2) is 0 Å². The van der Waals surface area contributed by atoms with Crippen molar-refractivity contribution in [1.82, 2.24) is 4.90 Å². The molecule has 30 heavy (non-hydrogen) atoms. The molecule has 1 saturated heterocycles. The van der Waals surface area contributed by atoms with Crippen molar-refractivity contribution in [3.8, 4) is 5.75 Å². The number of benzene rings is 2. The molecule has 0 bridgehead atoms. The van der Waals surface area contributed by atoms with Crippen molar-refractivity contribution in [2.24, 2.45) is 0 Å². The Morgan fingerprint density at radius 2 is 1.70 bits per heavy atom. The molecule has 1 aliphatic rings. The summed E-state index contributed by atoms with van der Waals surface area (Å²) in [6, 6.07) is 13.8. The normalized spacial score (nSPS) is 18.1. The first-order valence-electron chi connectivity index (χ1n) is 10.0. The van der Waals surface area contributed by atoms with Crippen molar-refractivity contribution in [1.29, 1.82) is 0 Å². The van der Waals surface area contributed by atoms with E-state index in [9.17, 15) is 14.7 Å². The number of aliphatic hydroxyl groups excluding tert-OH is 1. The van der Waals surface area contributed by atoms with Crippen LogP contribution in [0.1, 0.15) is 36.1 Å².